The van der Waals surface area contributed by atoms with E-state index in [0.29, 0.717) is 5.92 Å². The van der Waals surface area contributed by atoms with E-state index in [2.05, 4.69) is 65.0 Å². The minimum Gasteiger partial charge on any atom is -0.497 e. The fraction of sp³-hybridized carbons (Fsp3) is 0.400. The molecule has 0 amide bonds. The Bertz CT molecular complexity index is 603. The Morgan fingerprint density at radius 1 is 0.952 bits per heavy atom. The van der Waals surface area contributed by atoms with Crippen molar-refractivity contribution >= 4 is 0 Å². The normalized spacial score (nSPS) is 13.0. The molecule has 0 fully saturated rings. The van der Waals surface area contributed by atoms with Gasteiger partial charge in [0, 0.05) is 5.92 Å². The number of aryl methyl sites for hydroxylation is 1. The minimum absolute atomic E-state index is 0.183. The lowest BCUT2D eigenvalue weighted by atomic mass is 9.82. The van der Waals surface area contributed by atoms with Crippen molar-refractivity contribution in [2.75, 3.05) is 7.11 Å². The molecule has 0 N–H and O–H groups in total. The molecule has 0 saturated heterocycles. The van der Waals surface area contributed by atoms with E-state index in [0.717, 1.165) is 5.75 Å². The lowest BCUT2D eigenvalue weighted by Crippen LogP contribution is -2.12. The van der Waals surface area contributed by atoms with Gasteiger partial charge in [-0.25, -0.2) is 0 Å². The van der Waals surface area contributed by atoms with E-state index in [4.69, 9.17) is 4.74 Å². The third kappa shape index (κ3) is 3.47. The van der Waals surface area contributed by atoms with Crippen LogP contribution in [0.5, 0.6) is 5.75 Å². The van der Waals surface area contributed by atoms with Gasteiger partial charge in [0.05, 0.1) is 7.11 Å². The first-order valence-electron chi connectivity index (χ1n) is 7.58. The Labute approximate surface area is 129 Å². The zero-order chi connectivity index (χ0) is 15.6. The molecule has 1 unspecified atom stereocenters. The van der Waals surface area contributed by atoms with Gasteiger partial charge in [-0.05, 0) is 46.7 Å². The maximum absolute atomic E-state index is 5.24. The van der Waals surface area contributed by atoms with Gasteiger partial charge in [-0.1, -0.05) is 58.0 Å². The maximum atomic E-state index is 5.24. The Kier molecular flexibility index (Phi) is 4.41. The number of benzene rings is 2. The zero-order valence-corrected chi connectivity index (χ0v) is 14.0. The van der Waals surface area contributed by atoms with Gasteiger partial charge in [0.25, 0.3) is 0 Å². The maximum Gasteiger partial charge on any atom is 0.118 e. The largest absolute Gasteiger partial charge is 0.497 e. The number of rotatable bonds is 3. The summed E-state index contributed by atoms with van der Waals surface area (Å²) in [5, 5.41) is 0. The summed E-state index contributed by atoms with van der Waals surface area (Å²) in [6.07, 6.45) is 0. The van der Waals surface area contributed by atoms with Crippen LogP contribution in [0, 0.1) is 6.92 Å². The van der Waals surface area contributed by atoms with Crippen LogP contribution in [-0.2, 0) is 5.41 Å². The molecule has 2 aromatic carbocycles. The first-order chi connectivity index (χ1) is 9.82. The second-order valence-corrected chi connectivity index (χ2v) is 6.82. The quantitative estimate of drug-likeness (QED) is 0.727. The van der Waals surface area contributed by atoms with Crippen LogP contribution >= 0.6 is 0 Å². The average molecular weight is 282 g/mol. The molecular formula is C20H26O. The third-order valence-electron chi connectivity index (χ3n) is 4.23. The Hall–Kier alpha value is -1.76. The molecule has 0 aliphatic rings. The standard InChI is InChI=1S/C20H26O/c1-14-7-10-17(20(3,4)5)13-19(14)15(2)16-8-11-18(21-6)12-9-16/h7-13,15H,1-6H3. The SMILES string of the molecule is COc1ccc(C(C)c2cc(C(C)(C)C)ccc2C)cc1. The second-order valence-electron chi connectivity index (χ2n) is 6.82. The van der Waals surface area contributed by atoms with Crippen molar-refractivity contribution < 1.29 is 4.74 Å². The first kappa shape index (κ1) is 15.6. The molecule has 1 nitrogen and oxygen atoms in total. The summed E-state index contributed by atoms with van der Waals surface area (Å²) >= 11 is 0. The van der Waals surface area contributed by atoms with Crippen LogP contribution in [0.4, 0.5) is 0 Å². The highest BCUT2D eigenvalue weighted by Crippen LogP contribution is 2.32. The summed E-state index contributed by atoms with van der Waals surface area (Å²) in [7, 11) is 1.70. The first-order valence-corrected chi connectivity index (χ1v) is 7.58. The van der Waals surface area contributed by atoms with Crippen LogP contribution in [0.2, 0.25) is 0 Å². The second kappa shape index (κ2) is 5.93. The van der Waals surface area contributed by atoms with E-state index in [-0.39, 0.29) is 5.41 Å². The van der Waals surface area contributed by atoms with Crippen molar-refractivity contribution in [3.05, 3.63) is 64.7 Å². The van der Waals surface area contributed by atoms with Crippen molar-refractivity contribution in [2.24, 2.45) is 0 Å². The molecule has 1 atom stereocenters. The van der Waals surface area contributed by atoms with Gasteiger partial charge in [-0.2, -0.15) is 0 Å². The van der Waals surface area contributed by atoms with E-state index in [1.807, 2.05) is 12.1 Å². The predicted octanol–water partition coefficient (Wildman–Crippen LogP) is 5.45. The molecule has 0 spiro atoms. The molecule has 0 aliphatic carbocycles. The Balaban J connectivity index is 2.39. The molecule has 1 heteroatoms. The highest BCUT2D eigenvalue weighted by atomic mass is 16.5. The summed E-state index contributed by atoms with van der Waals surface area (Å²) in [6.45, 7) is 11.3. The van der Waals surface area contributed by atoms with Crippen molar-refractivity contribution in [2.45, 2.75) is 46.0 Å². The third-order valence-corrected chi connectivity index (χ3v) is 4.23. The zero-order valence-electron chi connectivity index (χ0n) is 14.0. The molecule has 2 rings (SSSR count). The lowest BCUT2D eigenvalue weighted by molar-refractivity contribution is 0.414. The van der Waals surface area contributed by atoms with Crippen LogP contribution in [0.3, 0.4) is 0 Å². The molecule has 0 aromatic heterocycles. The van der Waals surface area contributed by atoms with E-state index in [1.165, 1.54) is 22.3 Å². The Morgan fingerprint density at radius 2 is 1.57 bits per heavy atom. The predicted molar refractivity (Wildman–Crippen MR) is 90.4 cm³/mol. The summed E-state index contributed by atoms with van der Waals surface area (Å²) in [5.41, 5.74) is 5.66. The monoisotopic (exact) mass is 282 g/mol. The summed E-state index contributed by atoms with van der Waals surface area (Å²) in [5.74, 6) is 1.30. The smallest absolute Gasteiger partial charge is 0.118 e. The summed E-state index contributed by atoms with van der Waals surface area (Å²) in [6, 6.07) is 15.3. The molecule has 0 aliphatic heterocycles. The summed E-state index contributed by atoms with van der Waals surface area (Å²) < 4.78 is 5.24. The topological polar surface area (TPSA) is 9.23 Å². The number of methoxy groups -OCH3 is 1. The number of hydrogen-bond acceptors (Lipinski definition) is 1. The molecule has 0 bridgehead atoms. The van der Waals surface area contributed by atoms with E-state index in [9.17, 15) is 0 Å². The van der Waals surface area contributed by atoms with Crippen molar-refractivity contribution in [3.63, 3.8) is 0 Å². The van der Waals surface area contributed by atoms with Crippen molar-refractivity contribution in [3.8, 4) is 5.75 Å². The highest BCUT2D eigenvalue weighted by molar-refractivity contribution is 5.42. The average Bonchev–Trinajstić information content (AvgIpc) is 2.46. The Morgan fingerprint density at radius 3 is 2.10 bits per heavy atom. The van der Waals surface area contributed by atoms with Gasteiger partial charge in [-0.15, -0.1) is 0 Å². The molecular weight excluding hydrogens is 256 g/mol. The molecule has 0 heterocycles. The van der Waals surface area contributed by atoms with Gasteiger partial charge in [-0.3, -0.25) is 0 Å². The fourth-order valence-corrected chi connectivity index (χ4v) is 2.65. The lowest BCUT2D eigenvalue weighted by Gasteiger charge is -2.23. The van der Waals surface area contributed by atoms with Gasteiger partial charge >= 0.3 is 0 Å². The van der Waals surface area contributed by atoms with Gasteiger partial charge in [0.2, 0.25) is 0 Å². The number of hydrogen-bond donors (Lipinski definition) is 0. The molecule has 0 saturated carbocycles. The van der Waals surface area contributed by atoms with Gasteiger partial charge in [0.1, 0.15) is 5.75 Å². The van der Waals surface area contributed by atoms with Crippen LogP contribution < -0.4 is 4.74 Å². The van der Waals surface area contributed by atoms with Crippen molar-refractivity contribution in [1.82, 2.24) is 0 Å². The molecule has 21 heavy (non-hydrogen) atoms. The van der Waals surface area contributed by atoms with Gasteiger partial charge in [0.15, 0.2) is 0 Å². The molecule has 2 aromatic rings. The van der Waals surface area contributed by atoms with Crippen LogP contribution in [-0.4, -0.2) is 7.11 Å². The highest BCUT2D eigenvalue weighted by Gasteiger charge is 2.17. The molecule has 0 radical (unpaired) electrons. The van der Waals surface area contributed by atoms with Gasteiger partial charge < -0.3 is 4.74 Å². The number of ether oxygens (including phenoxy) is 1. The fourth-order valence-electron chi connectivity index (χ4n) is 2.65. The van der Waals surface area contributed by atoms with E-state index < -0.39 is 0 Å². The van der Waals surface area contributed by atoms with Crippen molar-refractivity contribution in [1.29, 1.82) is 0 Å². The van der Waals surface area contributed by atoms with Crippen LogP contribution in [0.25, 0.3) is 0 Å². The minimum atomic E-state index is 0.183. The molecule has 112 valence electrons. The van der Waals surface area contributed by atoms with Crippen LogP contribution in [0.15, 0.2) is 42.5 Å². The van der Waals surface area contributed by atoms with E-state index >= 15 is 0 Å². The summed E-state index contributed by atoms with van der Waals surface area (Å²) in [4.78, 5) is 0. The van der Waals surface area contributed by atoms with Crippen LogP contribution in [0.1, 0.15) is 55.9 Å². The van der Waals surface area contributed by atoms with E-state index in [1.54, 1.807) is 7.11 Å².